The summed E-state index contributed by atoms with van der Waals surface area (Å²) in [4.78, 5) is 0. The maximum Gasteiger partial charge on any atom is 0.162 e. The third-order valence-corrected chi connectivity index (χ3v) is 4.81. The quantitative estimate of drug-likeness (QED) is 0.540. The van der Waals surface area contributed by atoms with Crippen molar-refractivity contribution in [2.75, 3.05) is 12.0 Å². The van der Waals surface area contributed by atoms with Gasteiger partial charge in [0, 0.05) is 10.0 Å². The van der Waals surface area contributed by atoms with Crippen LogP contribution in [-0.2, 0) is 13.2 Å². The van der Waals surface area contributed by atoms with Crippen LogP contribution in [0.3, 0.4) is 0 Å². The number of aromatic nitrogens is 3. The maximum atomic E-state index is 14.0. The highest BCUT2D eigenvalue weighted by Gasteiger charge is 2.14. The lowest BCUT2D eigenvalue weighted by Gasteiger charge is -2.16. The predicted octanol–water partition coefficient (Wildman–Crippen LogP) is 4.55. The molecule has 2 aromatic carbocycles. The van der Waals surface area contributed by atoms with Crippen molar-refractivity contribution in [2.24, 2.45) is 0 Å². The molecule has 142 valence electrons. The van der Waals surface area contributed by atoms with E-state index in [1.807, 2.05) is 13.0 Å². The van der Waals surface area contributed by atoms with Gasteiger partial charge in [-0.1, -0.05) is 33.6 Å². The summed E-state index contributed by atoms with van der Waals surface area (Å²) in [7, 11) is 0. The number of ether oxygens (including phenoxy) is 2. The second-order valence-corrected chi connectivity index (χ2v) is 6.78. The molecule has 0 unspecified atom stereocenters. The van der Waals surface area contributed by atoms with E-state index in [9.17, 15) is 4.39 Å². The molecule has 0 atom stereocenters. The second-order valence-electron chi connectivity index (χ2n) is 5.52. The van der Waals surface area contributed by atoms with Crippen molar-refractivity contribution in [1.29, 1.82) is 0 Å². The van der Waals surface area contributed by atoms with E-state index >= 15 is 0 Å². The molecule has 6 nitrogen and oxygen atoms in total. The molecule has 0 saturated heterocycles. The van der Waals surface area contributed by atoms with Crippen molar-refractivity contribution < 1.29 is 13.9 Å². The summed E-state index contributed by atoms with van der Waals surface area (Å²) >= 11 is 9.60. The van der Waals surface area contributed by atoms with E-state index in [1.54, 1.807) is 35.5 Å². The average molecular weight is 456 g/mol. The maximum absolute atomic E-state index is 14.0. The highest BCUT2D eigenvalue weighted by atomic mass is 79.9. The number of benzene rings is 2. The molecule has 3 aromatic rings. The van der Waals surface area contributed by atoms with Gasteiger partial charge in [0.1, 0.15) is 25.1 Å². The molecule has 0 saturated carbocycles. The third kappa shape index (κ3) is 4.90. The van der Waals surface area contributed by atoms with E-state index < -0.39 is 5.82 Å². The molecule has 3 rings (SSSR count). The molecule has 0 radical (unpaired) electrons. The molecule has 1 aromatic heterocycles. The summed E-state index contributed by atoms with van der Waals surface area (Å²) < 4.78 is 27.9. The highest BCUT2D eigenvalue weighted by molar-refractivity contribution is 9.10. The monoisotopic (exact) mass is 454 g/mol. The zero-order chi connectivity index (χ0) is 19.2. The van der Waals surface area contributed by atoms with Crippen LogP contribution in [0.5, 0.6) is 11.5 Å². The Kier molecular flexibility index (Phi) is 6.52. The van der Waals surface area contributed by atoms with Gasteiger partial charge in [-0.05, 0) is 36.8 Å². The number of nitrogens with one attached hydrogen (secondary N) is 1. The first-order valence-electron chi connectivity index (χ1n) is 8.18. The Morgan fingerprint density at radius 3 is 2.63 bits per heavy atom. The summed E-state index contributed by atoms with van der Waals surface area (Å²) in [5.41, 5.74) is 4.39. The van der Waals surface area contributed by atoms with Crippen LogP contribution in [0.2, 0.25) is 5.02 Å². The first kappa shape index (κ1) is 19.4. The van der Waals surface area contributed by atoms with Crippen molar-refractivity contribution in [2.45, 2.75) is 20.1 Å². The van der Waals surface area contributed by atoms with Crippen LogP contribution in [0.1, 0.15) is 18.1 Å². The fourth-order valence-corrected chi connectivity index (χ4v) is 3.05. The summed E-state index contributed by atoms with van der Waals surface area (Å²) in [5, 5.41) is 7.80. The lowest BCUT2D eigenvalue weighted by atomic mass is 10.2. The molecule has 0 aliphatic carbocycles. The number of hydrogen-bond donors (Lipinski definition) is 1. The Bertz CT molecular complexity index is 888. The topological polar surface area (TPSA) is 61.2 Å². The van der Waals surface area contributed by atoms with Crippen molar-refractivity contribution in [3.05, 3.63) is 69.4 Å². The van der Waals surface area contributed by atoms with E-state index in [1.165, 1.54) is 6.07 Å². The van der Waals surface area contributed by atoms with Crippen molar-refractivity contribution >= 4 is 27.5 Å². The van der Waals surface area contributed by atoms with Gasteiger partial charge < -0.3 is 14.9 Å². The van der Waals surface area contributed by atoms with Gasteiger partial charge in [-0.3, -0.25) is 0 Å². The van der Waals surface area contributed by atoms with Crippen LogP contribution in [0.4, 0.5) is 4.39 Å². The summed E-state index contributed by atoms with van der Waals surface area (Å²) in [6.45, 7) is 2.86. The molecular weight excluding hydrogens is 439 g/mol. The molecule has 0 aliphatic rings. The van der Waals surface area contributed by atoms with Crippen molar-refractivity contribution in [1.82, 2.24) is 14.9 Å². The van der Waals surface area contributed by atoms with E-state index in [4.69, 9.17) is 21.1 Å². The molecule has 0 spiro atoms. The van der Waals surface area contributed by atoms with Crippen molar-refractivity contribution in [3.8, 4) is 11.5 Å². The fourth-order valence-electron chi connectivity index (χ4n) is 2.37. The minimum Gasteiger partial charge on any atom is -0.490 e. The van der Waals surface area contributed by atoms with Gasteiger partial charge >= 0.3 is 0 Å². The summed E-state index contributed by atoms with van der Waals surface area (Å²) in [6, 6.07) is 8.19. The summed E-state index contributed by atoms with van der Waals surface area (Å²) in [5.74, 6) is 0.652. The second kappa shape index (κ2) is 9.05. The molecule has 9 heteroatoms. The van der Waals surface area contributed by atoms with Crippen LogP contribution < -0.4 is 14.9 Å². The first-order chi connectivity index (χ1) is 13.1. The highest BCUT2D eigenvalue weighted by Crippen LogP contribution is 2.35. The van der Waals surface area contributed by atoms with Crippen LogP contribution in [-0.4, -0.2) is 21.5 Å². The lowest BCUT2D eigenvalue weighted by molar-refractivity contribution is 0.265. The fraction of sp³-hybridized carbons (Fsp3) is 0.222. The largest absolute Gasteiger partial charge is 0.490 e. The Morgan fingerprint density at radius 2 is 1.93 bits per heavy atom. The average Bonchev–Trinajstić information content (AvgIpc) is 3.16. The SMILES string of the molecule is CCOc1cc(CNn2cnnc2)c(Br)cc1OCc1c(F)cccc1Cl. The molecule has 0 fully saturated rings. The van der Waals surface area contributed by atoms with Gasteiger partial charge in [-0.2, -0.15) is 0 Å². The van der Waals surface area contributed by atoms with Crippen LogP contribution in [0.15, 0.2) is 47.5 Å². The molecule has 27 heavy (non-hydrogen) atoms. The Labute approximate surface area is 169 Å². The minimum absolute atomic E-state index is 0.00365. The van der Waals surface area contributed by atoms with E-state index in [2.05, 4.69) is 31.6 Å². The Hall–Kier alpha value is -2.32. The molecule has 0 bridgehead atoms. The number of nitrogens with zero attached hydrogens (tertiary/aromatic N) is 3. The van der Waals surface area contributed by atoms with Crippen molar-refractivity contribution in [3.63, 3.8) is 0 Å². The van der Waals surface area contributed by atoms with Gasteiger partial charge in [0.25, 0.3) is 0 Å². The normalized spacial score (nSPS) is 10.7. The predicted molar refractivity (Wildman–Crippen MR) is 104 cm³/mol. The Balaban J connectivity index is 1.78. The third-order valence-electron chi connectivity index (χ3n) is 3.72. The molecule has 0 amide bonds. The van der Waals surface area contributed by atoms with E-state index in [0.717, 1.165) is 10.0 Å². The first-order valence-corrected chi connectivity index (χ1v) is 9.35. The van der Waals surface area contributed by atoms with Gasteiger partial charge in [0.05, 0.1) is 18.2 Å². The van der Waals surface area contributed by atoms with Gasteiger partial charge in [0.15, 0.2) is 11.5 Å². The van der Waals surface area contributed by atoms with Gasteiger partial charge in [0.2, 0.25) is 0 Å². The molecule has 1 heterocycles. The van der Waals surface area contributed by atoms with Crippen LogP contribution in [0, 0.1) is 5.82 Å². The lowest BCUT2D eigenvalue weighted by Crippen LogP contribution is -2.13. The van der Waals surface area contributed by atoms with Crippen LogP contribution >= 0.6 is 27.5 Å². The molecule has 0 aliphatic heterocycles. The number of halogens is 3. The van der Waals surface area contributed by atoms with Crippen LogP contribution in [0.25, 0.3) is 0 Å². The number of hydrogen-bond acceptors (Lipinski definition) is 5. The zero-order valence-corrected chi connectivity index (χ0v) is 16.8. The molecule has 1 N–H and O–H groups in total. The zero-order valence-electron chi connectivity index (χ0n) is 14.5. The van der Waals surface area contributed by atoms with Gasteiger partial charge in [-0.15, -0.1) is 10.2 Å². The standard InChI is InChI=1S/C18H17BrClFN4O2/c1-2-26-17-6-12(8-24-25-10-22-23-11-25)14(19)7-18(17)27-9-13-15(20)4-3-5-16(13)21/h3-7,10-11,24H,2,8-9H2,1H3. The number of rotatable bonds is 8. The molecular formula is C18H17BrClFN4O2. The summed E-state index contributed by atoms with van der Waals surface area (Å²) in [6.07, 6.45) is 3.12. The minimum atomic E-state index is -0.408. The van der Waals surface area contributed by atoms with E-state index in [-0.39, 0.29) is 6.61 Å². The van der Waals surface area contributed by atoms with Gasteiger partial charge in [-0.25, -0.2) is 9.07 Å². The smallest absolute Gasteiger partial charge is 0.162 e. The Morgan fingerprint density at radius 1 is 1.19 bits per heavy atom. The van der Waals surface area contributed by atoms with E-state index in [0.29, 0.717) is 35.2 Å².